The van der Waals surface area contributed by atoms with Crippen molar-refractivity contribution < 1.29 is 23.4 Å². The van der Waals surface area contributed by atoms with E-state index < -0.39 is 27.3 Å². The Morgan fingerprint density at radius 1 is 1.42 bits per heavy atom. The molecule has 0 fully saturated rings. The van der Waals surface area contributed by atoms with Gasteiger partial charge in [-0.05, 0) is 31.5 Å². The van der Waals surface area contributed by atoms with Gasteiger partial charge in [-0.2, -0.15) is 4.31 Å². The van der Waals surface area contributed by atoms with Gasteiger partial charge in [-0.1, -0.05) is 6.92 Å². The summed E-state index contributed by atoms with van der Waals surface area (Å²) in [4.78, 5) is 10.7. The molecule has 1 unspecified atom stereocenters. The predicted octanol–water partition coefficient (Wildman–Crippen LogP) is 1.51. The molecule has 0 radical (unpaired) electrons. The van der Waals surface area contributed by atoms with Crippen molar-refractivity contribution in [3.8, 4) is 5.75 Å². The molecule has 0 amide bonds. The largest absolute Gasteiger partial charge is 0.507 e. The monoisotopic (exact) mass is 287 g/mol. The summed E-state index contributed by atoms with van der Waals surface area (Å²) in [5, 5.41) is 18.3. The van der Waals surface area contributed by atoms with Gasteiger partial charge in [0, 0.05) is 13.1 Å². The Hall–Kier alpha value is -1.60. The van der Waals surface area contributed by atoms with Crippen LogP contribution in [0.25, 0.3) is 0 Å². The summed E-state index contributed by atoms with van der Waals surface area (Å²) in [6.45, 7) is 3.62. The third kappa shape index (κ3) is 3.05. The van der Waals surface area contributed by atoms with E-state index in [1.165, 1.54) is 17.4 Å². The molecule has 7 heteroatoms. The molecule has 0 saturated heterocycles. The van der Waals surface area contributed by atoms with Crippen molar-refractivity contribution in [2.75, 3.05) is 7.05 Å². The van der Waals surface area contributed by atoms with Crippen LogP contribution in [0.4, 0.5) is 0 Å². The highest BCUT2D eigenvalue weighted by Crippen LogP contribution is 2.24. The molecule has 1 aromatic rings. The van der Waals surface area contributed by atoms with Crippen molar-refractivity contribution in [3.05, 3.63) is 23.8 Å². The summed E-state index contributed by atoms with van der Waals surface area (Å²) in [6.07, 6.45) is 0.638. The first-order chi connectivity index (χ1) is 8.71. The van der Waals surface area contributed by atoms with Gasteiger partial charge in [0.25, 0.3) is 0 Å². The second kappa shape index (κ2) is 5.58. The second-order valence-corrected chi connectivity index (χ2v) is 6.26. The summed E-state index contributed by atoms with van der Waals surface area (Å²) in [5.74, 6) is -1.83. The fourth-order valence-corrected chi connectivity index (χ4v) is 2.97. The highest BCUT2D eigenvalue weighted by atomic mass is 32.2. The Bertz CT molecular complexity index is 582. The number of benzene rings is 1. The number of carboxylic acids is 1. The average Bonchev–Trinajstić information content (AvgIpc) is 2.36. The standard InChI is InChI=1S/C12H17NO5S/c1-4-8(2)13(3)19(17,18)9-5-6-11(14)10(7-9)12(15)16/h5-8,14H,4H2,1-3H3,(H,15,16). The lowest BCUT2D eigenvalue weighted by molar-refractivity contribution is 0.0693. The number of aromatic hydroxyl groups is 1. The van der Waals surface area contributed by atoms with Gasteiger partial charge in [0.05, 0.1) is 4.90 Å². The lowest BCUT2D eigenvalue weighted by Crippen LogP contribution is -2.34. The molecule has 19 heavy (non-hydrogen) atoms. The lowest BCUT2D eigenvalue weighted by Gasteiger charge is -2.23. The van der Waals surface area contributed by atoms with Gasteiger partial charge in [0.2, 0.25) is 10.0 Å². The van der Waals surface area contributed by atoms with E-state index in [0.717, 1.165) is 12.1 Å². The number of carbonyl (C=O) groups is 1. The van der Waals surface area contributed by atoms with E-state index in [4.69, 9.17) is 5.11 Å². The highest BCUT2D eigenvalue weighted by Gasteiger charge is 2.26. The van der Waals surface area contributed by atoms with Gasteiger partial charge < -0.3 is 10.2 Å². The Morgan fingerprint density at radius 2 is 2.00 bits per heavy atom. The summed E-state index contributed by atoms with van der Waals surface area (Å²) >= 11 is 0. The summed E-state index contributed by atoms with van der Waals surface area (Å²) in [5.41, 5.74) is -0.432. The zero-order valence-electron chi connectivity index (χ0n) is 11.0. The van der Waals surface area contributed by atoms with E-state index >= 15 is 0 Å². The Kier molecular flexibility index (Phi) is 4.54. The molecular weight excluding hydrogens is 270 g/mol. The minimum Gasteiger partial charge on any atom is -0.507 e. The minimum absolute atomic E-state index is 0.148. The zero-order valence-corrected chi connectivity index (χ0v) is 11.8. The minimum atomic E-state index is -3.76. The topological polar surface area (TPSA) is 94.9 Å². The molecule has 2 N–H and O–H groups in total. The fraction of sp³-hybridized carbons (Fsp3) is 0.417. The van der Waals surface area contributed by atoms with Crippen LogP contribution in [0.1, 0.15) is 30.6 Å². The van der Waals surface area contributed by atoms with Crippen molar-refractivity contribution in [2.45, 2.75) is 31.2 Å². The first-order valence-corrected chi connectivity index (χ1v) is 7.20. The maximum Gasteiger partial charge on any atom is 0.339 e. The van der Waals surface area contributed by atoms with E-state index in [1.807, 2.05) is 6.92 Å². The Balaban J connectivity index is 3.30. The lowest BCUT2D eigenvalue weighted by atomic mass is 10.2. The molecule has 0 heterocycles. The summed E-state index contributed by atoms with van der Waals surface area (Å²) < 4.78 is 25.7. The number of carboxylic acid groups (broad SMARTS) is 1. The summed E-state index contributed by atoms with van der Waals surface area (Å²) in [7, 11) is -2.32. The second-order valence-electron chi connectivity index (χ2n) is 4.26. The molecule has 1 rings (SSSR count). The van der Waals surface area contributed by atoms with Crippen LogP contribution >= 0.6 is 0 Å². The first kappa shape index (κ1) is 15.5. The molecule has 106 valence electrons. The molecule has 0 aliphatic carbocycles. The highest BCUT2D eigenvalue weighted by molar-refractivity contribution is 7.89. The van der Waals surface area contributed by atoms with Crippen molar-refractivity contribution in [3.63, 3.8) is 0 Å². The number of aromatic carboxylic acids is 1. The first-order valence-electron chi connectivity index (χ1n) is 5.76. The Labute approximate surface area is 112 Å². The molecular formula is C12H17NO5S. The van der Waals surface area contributed by atoms with Gasteiger partial charge in [-0.25, -0.2) is 13.2 Å². The van der Waals surface area contributed by atoms with Crippen LogP contribution in [0.15, 0.2) is 23.1 Å². The van der Waals surface area contributed by atoms with Crippen LogP contribution in [-0.4, -0.2) is 42.0 Å². The molecule has 6 nitrogen and oxygen atoms in total. The molecule has 0 aliphatic heterocycles. The van der Waals surface area contributed by atoms with Gasteiger partial charge in [0.15, 0.2) is 0 Å². The molecule has 0 bridgehead atoms. The van der Waals surface area contributed by atoms with Crippen molar-refractivity contribution in [1.82, 2.24) is 4.31 Å². The summed E-state index contributed by atoms with van der Waals surface area (Å²) in [6, 6.07) is 3.02. The van der Waals surface area contributed by atoms with Crippen LogP contribution in [-0.2, 0) is 10.0 Å². The molecule has 0 aromatic heterocycles. The fourth-order valence-electron chi connectivity index (χ4n) is 1.51. The van der Waals surface area contributed by atoms with E-state index in [1.54, 1.807) is 6.92 Å². The third-order valence-corrected chi connectivity index (χ3v) is 5.05. The number of hydrogen-bond acceptors (Lipinski definition) is 4. The number of hydrogen-bond donors (Lipinski definition) is 2. The number of nitrogens with zero attached hydrogens (tertiary/aromatic N) is 1. The van der Waals surface area contributed by atoms with Crippen LogP contribution in [0.3, 0.4) is 0 Å². The SMILES string of the molecule is CCC(C)N(C)S(=O)(=O)c1ccc(O)c(C(=O)O)c1. The van der Waals surface area contributed by atoms with Crippen LogP contribution in [0, 0.1) is 0 Å². The zero-order chi connectivity index (χ0) is 14.8. The Morgan fingerprint density at radius 3 is 2.47 bits per heavy atom. The quantitative estimate of drug-likeness (QED) is 0.856. The van der Waals surface area contributed by atoms with Crippen LogP contribution < -0.4 is 0 Å². The van der Waals surface area contributed by atoms with Gasteiger partial charge in [-0.3, -0.25) is 0 Å². The smallest absolute Gasteiger partial charge is 0.339 e. The number of rotatable bonds is 5. The molecule has 0 spiro atoms. The van der Waals surface area contributed by atoms with Crippen LogP contribution in [0.5, 0.6) is 5.75 Å². The molecule has 0 saturated carbocycles. The molecule has 1 atom stereocenters. The van der Waals surface area contributed by atoms with Crippen molar-refractivity contribution in [2.24, 2.45) is 0 Å². The van der Waals surface area contributed by atoms with Gasteiger partial charge >= 0.3 is 5.97 Å². The van der Waals surface area contributed by atoms with Crippen molar-refractivity contribution in [1.29, 1.82) is 0 Å². The normalized spacial score (nSPS) is 13.5. The predicted molar refractivity (Wildman–Crippen MR) is 69.8 cm³/mol. The third-order valence-electron chi connectivity index (χ3n) is 3.09. The molecule has 0 aliphatic rings. The van der Waals surface area contributed by atoms with Gasteiger partial charge in [-0.15, -0.1) is 0 Å². The van der Waals surface area contributed by atoms with Crippen LogP contribution in [0.2, 0.25) is 0 Å². The van der Waals surface area contributed by atoms with E-state index in [0.29, 0.717) is 6.42 Å². The van der Waals surface area contributed by atoms with Crippen molar-refractivity contribution >= 4 is 16.0 Å². The number of phenols is 1. The molecule has 1 aromatic carbocycles. The number of sulfonamides is 1. The maximum absolute atomic E-state index is 12.3. The maximum atomic E-state index is 12.3. The van der Waals surface area contributed by atoms with E-state index in [9.17, 15) is 18.3 Å². The van der Waals surface area contributed by atoms with E-state index in [2.05, 4.69) is 0 Å². The van der Waals surface area contributed by atoms with Gasteiger partial charge in [0.1, 0.15) is 11.3 Å². The average molecular weight is 287 g/mol. The van der Waals surface area contributed by atoms with E-state index in [-0.39, 0.29) is 10.9 Å².